The summed E-state index contributed by atoms with van der Waals surface area (Å²) in [5.41, 5.74) is -3.89. The van der Waals surface area contributed by atoms with Crippen LogP contribution in [0.4, 0.5) is 13.2 Å². The van der Waals surface area contributed by atoms with Gasteiger partial charge in [0.2, 0.25) is 0 Å². The van der Waals surface area contributed by atoms with E-state index in [4.69, 9.17) is 10.4 Å². The number of nitriles is 1. The highest BCUT2D eigenvalue weighted by molar-refractivity contribution is 5.90. The first-order valence-corrected chi connectivity index (χ1v) is 3.95. The average Bonchev–Trinajstić information content (AvgIpc) is 2.14. The van der Waals surface area contributed by atoms with E-state index in [2.05, 4.69) is 4.74 Å². The topological polar surface area (TPSA) is 87.4 Å². The van der Waals surface area contributed by atoms with Crippen molar-refractivity contribution >= 4 is 11.8 Å². The van der Waals surface area contributed by atoms with E-state index in [9.17, 15) is 22.8 Å². The third-order valence-corrected chi connectivity index (χ3v) is 1.72. The summed E-state index contributed by atoms with van der Waals surface area (Å²) in [6, 6.07) is 1.32. The molecule has 5 nitrogen and oxygen atoms in total. The van der Waals surface area contributed by atoms with Crippen molar-refractivity contribution in [3.05, 3.63) is 0 Å². The van der Waals surface area contributed by atoms with Crippen LogP contribution in [-0.4, -0.2) is 35.7 Å². The highest BCUT2D eigenvalue weighted by atomic mass is 19.4. The molecule has 0 fully saturated rings. The number of hydrogen-bond donors (Lipinski definition) is 1. The van der Waals surface area contributed by atoms with Crippen LogP contribution in [0.3, 0.4) is 0 Å². The monoisotopic (exact) mass is 239 g/mol. The zero-order valence-corrected chi connectivity index (χ0v) is 8.17. The number of halogens is 3. The van der Waals surface area contributed by atoms with Gasteiger partial charge in [0.1, 0.15) is 0 Å². The van der Waals surface area contributed by atoms with Gasteiger partial charge in [-0.05, 0) is 0 Å². The smallest absolute Gasteiger partial charge is 0.428 e. The molecule has 0 radical (unpaired) electrons. The maximum atomic E-state index is 12.4. The first kappa shape index (κ1) is 14.4. The molecule has 0 aliphatic carbocycles. The molecule has 0 aromatic rings. The van der Waals surface area contributed by atoms with Crippen molar-refractivity contribution < 1.29 is 32.6 Å². The van der Waals surface area contributed by atoms with E-state index in [1.165, 1.54) is 6.07 Å². The number of methoxy groups -OCH3 is 1. The molecule has 0 bridgehead atoms. The number of carbonyl (C=O) groups is 2. The van der Waals surface area contributed by atoms with Crippen LogP contribution in [0.5, 0.6) is 0 Å². The molecule has 0 heterocycles. The lowest BCUT2D eigenvalue weighted by Gasteiger charge is -2.26. The molecular formula is C8H8F3NO4. The van der Waals surface area contributed by atoms with Crippen LogP contribution in [-0.2, 0) is 14.3 Å². The largest absolute Gasteiger partial charge is 0.467 e. The minimum atomic E-state index is -5.34. The van der Waals surface area contributed by atoms with Crippen LogP contribution in [0.15, 0.2) is 0 Å². The van der Waals surface area contributed by atoms with E-state index in [1.807, 2.05) is 0 Å². The minimum absolute atomic E-state index is 0.647. The Morgan fingerprint density at radius 2 is 1.94 bits per heavy atom. The van der Waals surface area contributed by atoms with Crippen molar-refractivity contribution in [2.24, 2.45) is 0 Å². The lowest BCUT2D eigenvalue weighted by atomic mass is 9.95. The summed E-state index contributed by atoms with van der Waals surface area (Å²) in [5, 5.41) is 17.2. The number of ketones is 1. The first-order chi connectivity index (χ1) is 7.19. The van der Waals surface area contributed by atoms with Crippen LogP contribution in [0.2, 0.25) is 0 Å². The molecule has 0 saturated heterocycles. The molecule has 1 N–H and O–H groups in total. The van der Waals surface area contributed by atoms with Gasteiger partial charge in [-0.2, -0.15) is 18.4 Å². The number of alkyl halides is 3. The molecule has 0 aromatic carbocycles. The maximum Gasteiger partial charge on any atom is 0.428 e. The zero-order chi connectivity index (χ0) is 13.0. The molecule has 90 valence electrons. The third-order valence-electron chi connectivity index (χ3n) is 1.72. The van der Waals surface area contributed by atoms with Crippen LogP contribution in [0, 0.1) is 11.3 Å². The summed E-state index contributed by atoms with van der Waals surface area (Å²) in [6.07, 6.45) is -7.70. The predicted molar refractivity (Wildman–Crippen MR) is 42.9 cm³/mol. The predicted octanol–water partition coefficient (Wildman–Crippen LogP) is 0.326. The number of aliphatic hydroxyl groups is 1. The molecule has 8 heteroatoms. The summed E-state index contributed by atoms with van der Waals surface area (Å²) in [6.45, 7) is 0. The SMILES string of the molecule is COC(=O)C(O)(CC(=O)CC#N)C(F)(F)F. The number of rotatable bonds is 4. The second-order valence-electron chi connectivity index (χ2n) is 2.90. The fourth-order valence-corrected chi connectivity index (χ4v) is 0.893. The summed E-state index contributed by atoms with van der Waals surface area (Å²) in [5.74, 6) is -3.18. The van der Waals surface area contributed by atoms with Crippen LogP contribution < -0.4 is 0 Å². The summed E-state index contributed by atoms with van der Waals surface area (Å²) in [4.78, 5) is 21.6. The van der Waals surface area contributed by atoms with E-state index in [0.29, 0.717) is 7.11 Å². The molecule has 1 unspecified atom stereocenters. The Hall–Kier alpha value is -1.62. The van der Waals surface area contributed by atoms with Crippen molar-refractivity contribution in [2.75, 3.05) is 7.11 Å². The van der Waals surface area contributed by atoms with E-state index in [1.54, 1.807) is 0 Å². The Kier molecular flexibility index (Phi) is 4.44. The standard InChI is InChI=1S/C8H8F3NO4/c1-16-6(14)7(15,8(9,10)11)4-5(13)2-3-12/h15H,2,4H2,1H3. The summed E-state index contributed by atoms with van der Waals surface area (Å²) >= 11 is 0. The molecule has 0 aliphatic rings. The van der Waals surface area contributed by atoms with Crippen LogP contribution >= 0.6 is 0 Å². The molecule has 0 amide bonds. The number of carbonyl (C=O) groups excluding carboxylic acids is 2. The normalized spacial score (nSPS) is 14.8. The summed E-state index contributed by atoms with van der Waals surface area (Å²) in [7, 11) is 0.647. The summed E-state index contributed by atoms with van der Waals surface area (Å²) < 4.78 is 40.8. The van der Waals surface area contributed by atoms with Gasteiger partial charge in [-0.1, -0.05) is 0 Å². The zero-order valence-electron chi connectivity index (χ0n) is 8.17. The van der Waals surface area contributed by atoms with Crippen LogP contribution in [0.25, 0.3) is 0 Å². The Bertz CT molecular complexity index is 333. The van der Waals surface area contributed by atoms with Crippen molar-refractivity contribution in [3.63, 3.8) is 0 Å². The van der Waals surface area contributed by atoms with Gasteiger partial charge < -0.3 is 9.84 Å². The van der Waals surface area contributed by atoms with Crippen molar-refractivity contribution in [1.82, 2.24) is 0 Å². The van der Waals surface area contributed by atoms with Gasteiger partial charge in [0.15, 0.2) is 5.78 Å². The van der Waals surface area contributed by atoms with Gasteiger partial charge in [-0.15, -0.1) is 0 Å². The molecule has 1 atom stereocenters. The highest BCUT2D eigenvalue weighted by Gasteiger charge is 2.61. The molecule has 0 spiro atoms. The Morgan fingerprint density at radius 1 is 1.44 bits per heavy atom. The minimum Gasteiger partial charge on any atom is -0.467 e. The molecule has 16 heavy (non-hydrogen) atoms. The Balaban J connectivity index is 5.05. The van der Waals surface area contributed by atoms with Gasteiger partial charge in [0.25, 0.3) is 5.60 Å². The van der Waals surface area contributed by atoms with E-state index < -0.39 is 36.4 Å². The molecule has 0 rings (SSSR count). The van der Waals surface area contributed by atoms with Gasteiger partial charge in [0, 0.05) is 0 Å². The number of Topliss-reactive ketones (excluding diaryl/α,β-unsaturated/α-hetero) is 1. The fourth-order valence-electron chi connectivity index (χ4n) is 0.893. The lowest BCUT2D eigenvalue weighted by Crippen LogP contribution is -2.54. The van der Waals surface area contributed by atoms with Gasteiger partial charge in [-0.3, -0.25) is 4.79 Å². The Morgan fingerprint density at radius 3 is 2.25 bits per heavy atom. The quantitative estimate of drug-likeness (QED) is 0.714. The average molecular weight is 239 g/mol. The van der Waals surface area contributed by atoms with Crippen LogP contribution in [0.1, 0.15) is 12.8 Å². The number of ether oxygens (including phenoxy) is 1. The molecule has 0 aromatic heterocycles. The van der Waals surface area contributed by atoms with E-state index >= 15 is 0 Å². The van der Waals surface area contributed by atoms with E-state index in [0.717, 1.165) is 0 Å². The van der Waals surface area contributed by atoms with E-state index in [-0.39, 0.29) is 0 Å². The third kappa shape index (κ3) is 2.93. The fraction of sp³-hybridized carbons (Fsp3) is 0.625. The molecule has 0 aliphatic heterocycles. The van der Waals surface area contributed by atoms with Gasteiger partial charge in [-0.25, -0.2) is 4.79 Å². The highest BCUT2D eigenvalue weighted by Crippen LogP contribution is 2.34. The maximum absolute atomic E-state index is 12.4. The lowest BCUT2D eigenvalue weighted by molar-refractivity contribution is -0.261. The second-order valence-corrected chi connectivity index (χ2v) is 2.90. The molecular weight excluding hydrogens is 231 g/mol. The Labute approximate surface area is 88.4 Å². The van der Waals surface area contributed by atoms with Gasteiger partial charge >= 0.3 is 12.1 Å². The second kappa shape index (κ2) is 4.94. The van der Waals surface area contributed by atoms with Crippen molar-refractivity contribution in [2.45, 2.75) is 24.6 Å². The first-order valence-electron chi connectivity index (χ1n) is 3.95. The van der Waals surface area contributed by atoms with Crippen molar-refractivity contribution in [3.8, 4) is 6.07 Å². The number of esters is 1. The number of hydrogen-bond acceptors (Lipinski definition) is 5. The van der Waals surface area contributed by atoms with Crippen molar-refractivity contribution in [1.29, 1.82) is 5.26 Å². The number of nitrogens with zero attached hydrogens (tertiary/aromatic N) is 1. The molecule has 0 saturated carbocycles. The van der Waals surface area contributed by atoms with Gasteiger partial charge in [0.05, 0.1) is 26.0 Å².